The normalized spacial score (nSPS) is 19.7. The van der Waals surface area contributed by atoms with Crippen molar-refractivity contribution < 1.29 is 23.1 Å². The molecule has 0 spiro atoms. The summed E-state index contributed by atoms with van der Waals surface area (Å²) >= 11 is 0.788. The summed E-state index contributed by atoms with van der Waals surface area (Å²) in [7, 11) is 0. The molecule has 6 rings (SSSR count). The van der Waals surface area contributed by atoms with Gasteiger partial charge in [-0.3, -0.25) is 9.59 Å². The van der Waals surface area contributed by atoms with Gasteiger partial charge in [-0.05, 0) is 56.3 Å². The third kappa shape index (κ3) is 6.16. The van der Waals surface area contributed by atoms with E-state index in [1.165, 1.54) is 12.4 Å². The first-order chi connectivity index (χ1) is 20.8. The molecule has 230 valence electrons. The predicted octanol–water partition coefficient (Wildman–Crippen LogP) is 3.33. The van der Waals surface area contributed by atoms with E-state index in [0.29, 0.717) is 43.5 Å². The van der Waals surface area contributed by atoms with Crippen molar-refractivity contribution in [3.63, 3.8) is 0 Å². The Labute approximate surface area is 252 Å². The van der Waals surface area contributed by atoms with E-state index >= 15 is 0 Å². The minimum absolute atomic E-state index is 0.00217. The predicted molar refractivity (Wildman–Crippen MR) is 161 cm³/mol. The topological polar surface area (TPSA) is 130 Å². The Morgan fingerprint density at radius 1 is 1.26 bits per heavy atom. The lowest BCUT2D eigenvalue weighted by Gasteiger charge is -2.34. The number of nitrogen functional groups attached to an aromatic ring is 1. The average molecular weight is 615 g/mol. The zero-order chi connectivity index (χ0) is 30.1. The fraction of sp³-hybridized carbons (Fsp3) is 0.517. The fourth-order valence-corrected chi connectivity index (χ4v) is 6.95. The number of alkyl halides is 2. The van der Waals surface area contributed by atoms with Gasteiger partial charge in [0.1, 0.15) is 22.5 Å². The first-order valence-electron chi connectivity index (χ1n) is 14.7. The van der Waals surface area contributed by atoms with Crippen LogP contribution in [0.4, 0.5) is 20.3 Å². The van der Waals surface area contributed by atoms with Gasteiger partial charge in [0.15, 0.2) is 5.82 Å². The summed E-state index contributed by atoms with van der Waals surface area (Å²) < 4.78 is 35.0. The summed E-state index contributed by atoms with van der Waals surface area (Å²) in [6.07, 6.45) is 4.19. The first-order valence-corrected chi connectivity index (χ1v) is 15.5. The second-order valence-corrected chi connectivity index (χ2v) is 12.4. The van der Waals surface area contributed by atoms with Crippen LogP contribution in [0.25, 0.3) is 11.1 Å². The van der Waals surface area contributed by atoms with Gasteiger partial charge in [0.25, 0.3) is 12.3 Å². The molecular weight excluding hydrogens is 578 g/mol. The highest BCUT2D eigenvalue weighted by Crippen LogP contribution is 2.37. The molecule has 6 heterocycles. The van der Waals surface area contributed by atoms with E-state index in [0.717, 1.165) is 73.6 Å². The van der Waals surface area contributed by atoms with Crippen LogP contribution < -0.4 is 26.0 Å². The van der Waals surface area contributed by atoms with Gasteiger partial charge < -0.3 is 30.9 Å². The molecule has 2 saturated heterocycles. The van der Waals surface area contributed by atoms with Crippen molar-refractivity contribution in [2.75, 3.05) is 56.5 Å². The van der Waals surface area contributed by atoms with E-state index in [4.69, 9.17) is 10.5 Å². The number of nitrogens with one attached hydrogen (secondary N) is 2. The largest absolute Gasteiger partial charge is 0.492 e. The van der Waals surface area contributed by atoms with E-state index in [1.54, 1.807) is 16.3 Å². The van der Waals surface area contributed by atoms with Gasteiger partial charge in [-0.1, -0.05) is 6.08 Å². The molecule has 4 N–H and O–H groups in total. The Bertz CT molecular complexity index is 1530. The zero-order valence-electron chi connectivity index (χ0n) is 24.0. The standard InChI is InChI=1S/C29H36F2N8O3S/c1-17(40)37-10-6-19(13-37)21-11-22(25-28(32)34-16-35-39(21)25)38-9-2-3-20(14-38)36-29(41)26-23(12-24(43-26)27(30)31)42-15-18-4-7-33-8-5-18/h6,11-12,16,18,20,27,33H,2-5,7-10,13-15H2,1H3,(H,36,41)(H2,32,34,35)/t20-/m1/s1. The quantitative estimate of drug-likeness (QED) is 0.353. The molecule has 1 atom stereocenters. The monoisotopic (exact) mass is 614 g/mol. The Hall–Kier alpha value is -3.78. The number of aromatic nitrogens is 3. The second kappa shape index (κ2) is 12.4. The van der Waals surface area contributed by atoms with E-state index in [9.17, 15) is 18.4 Å². The smallest absolute Gasteiger partial charge is 0.272 e. The molecule has 14 heteroatoms. The SMILES string of the molecule is CC(=O)N1CC=C(c2cc(N3CCC[C@@H](NC(=O)c4sc(C(F)F)cc4OCC4CCNCC4)C3)c3c(N)ncnn23)C1. The van der Waals surface area contributed by atoms with Crippen LogP contribution >= 0.6 is 11.3 Å². The van der Waals surface area contributed by atoms with Crippen molar-refractivity contribution in [3.8, 4) is 5.75 Å². The van der Waals surface area contributed by atoms with Gasteiger partial charge in [0.2, 0.25) is 5.91 Å². The Kier molecular flexibility index (Phi) is 8.48. The van der Waals surface area contributed by atoms with Crippen molar-refractivity contribution in [3.05, 3.63) is 40.0 Å². The van der Waals surface area contributed by atoms with Gasteiger partial charge in [0, 0.05) is 45.2 Å². The van der Waals surface area contributed by atoms with Gasteiger partial charge in [0.05, 0.1) is 22.9 Å². The number of hydrogen-bond acceptors (Lipinski definition) is 9. The van der Waals surface area contributed by atoms with E-state index in [2.05, 4.69) is 25.6 Å². The van der Waals surface area contributed by atoms with Crippen LogP contribution in [0.15, 0.2) is 24.5 Å². The molecule has 43 heavy (non-hydrogen) atoms. The first kappa shape index (κ1) is 29.3. The van der Waals surface area contributed by atoms with Crippen LogP contribution in [0.1, 0.15) is 59.3 Å². The maximum absolute atomic E-state index is 13.6. The Balaban J connectivity index is 1.20. The maximum Gasteiger partial charge on any atom is 0.272 e. The van der Waals surface area contributed by atoms with Crippen LogP contribution in [-0.2, 0) is 4.79 Å². The van der Waals surface area contributed by atoms with Crippen LogP contribution in [0.3, 0.4) is 0 Å². The van der Waals surface area contributed by atoms with Gasteiger partial charge in [-0.15, -0.1) is 11.3 Å². The molecule has 11 nitrogen and oxygen atoms in total. The molecule has 0 unspecified atom stereocenters. The second-order valence-electron chi connectivity index (χ2n) is 11.4. The number of anilines is 2. The molecular formula is C29H36F2N8O3S. The number of nitrogens with zero attached hydrogens (tertiary/aromatic N) is 5. The molecule has 0 radical (unpaired) electrons. The summed E-state index contributed by atoms with van der Waals surface area (Å²) in [5, 5.41) is 10.8. The number of carbonyl (C=O) groups is 2. The third-order valence-corrected chi connectivity index (χ3v) is 9.55. The summed E-state index contributed by atoms with van der Waals surface area (Å²) in [4.78, 5) is 33.5. The van der Waals surface area contributed by atoms with Crippen LogP contribution in [0.2, 0.25) is 0 Å². The number of halogens is 2. The number of carbonyl (C=O) groups excluding carboxylic acids is 2. The van der Waals surface area contributed by atoms with Gasteiger partial charge in [-0.25, -0.2) is 18.3 Å². The number of rotatable bonds is 8. The summed E-state index contributed by atoms with van der Waals surface area (Å²) in [5.74, 6) is 0.472. The minimum atomic E-state index is -2.68. The van der Waals surface area contributed by atoms with Gasteiger partial charge in [-0.2, -0.15) is 5.10 Å². The lowest BCUT2D eigenvalue weighted by atomic mass is 9.99. The molecule has 2 amide bonds. The molecule has 2 fully saturated rings. The number of piperidine rings is 2. The van der Waals surface area contributed by atoms with Crippen molar-refractivity contribution in [1.29, 1.82) is 0 Å². The molecule has 0 aliphatic carbocycles. The molecule has 3 aromatic heterocycles. The number of nitrogens with two attached hydrogens (primary N) is 1. The molecule has 0 aromatic carbocycles. The molecule has 3 aliphatic rings. The zero-order valence-corrected chi connectivity index (χ0v) is 24.8. The number of thiophene rings is 1. The highest BCUT2D eigenvalue weighted by Gasteiger charge is 2.30. The molecule has 0 saturated carbocycles. The average Bonchev–Trinajstić information content (AvgIpc) is 3.74. The Morgan fingerprint density at radius 3 is 2.81 bits per heavy atom. The highest BCUT2D eigenvalue weighted by atomic mass is 32.1. The lowest BCUT2D eigenvalue weighted by molar-refractivity contribution is -0.127. The van der Waals surface area contributed by atoms with Crippen molar-refractivity contribution >= 4 is 45.7 Å². The van der Waals surface area contributed by atoms with Crippen LogP contribution in [0, 0.1) is 5.92 Å². The summed E-state index contributed by atoms with van der Waals surface area (Å²) in [6.45, 7) is 5.99. The summed E-state index contributed by atoms with van der Waals surface area (Å²) in [5.41, 5.74) is 9.66. The van der Waals surface area contributed by atoms with Gasteiger partial charge >= 0.3 is 0 Å². The number of ether oxygens (including phenoxy) is 1. The fourth-order valence-electron chi connectivity index (χ4n) is 6.08. The lowest BCUT2D eigenvalue weighted by Crippen LogP contribution is -2.47. The molecule has 0 bridgehead atoms. The maximum atomic E-state index is 13.6. The van der Waals surface area contributed by atoms with E-state index in [-0.39, 0.29) is 27.5 Å². The summed E-state index contributed by atoms with van der Waals surface area (Å²) in [6, 6.07) is 3.10. The van der Waals surface area contributed by atoms with Crippen molar-refractivity contribution in [1.82, 2.24) is 30.1 Å². The highest BCUT2D eigenvalue weighted by molar-refractivity contribution is 7.14. The number of fused-ring (bicyclic) bond motifs is 1. The molecule has 3 aliphatic heterocycles. The van der Waals surface area contributed by atoms with E-state index < -0.39 is 12.3 Å². The minimum Gasteiger partial charge on any atom is -0.492 e. The van der Waals surface area contributed by atoms with E-state index in [1.807, 2.05) is 12.1 Å². The molecule has 3 aromatic rings. The van der Waals surface area contributed by atoms with Crippen LogP contribution in [0.5, 0.6) is 5.75 Å². The number of hydrogen-bond donors (Lipinski definition) is 3. The third-order valence-electron chi connectivity index (χ3n) is 8.43. The van der Waals surface area contributed by atoms with Crippen molar-refractivity contribution in [2.24, 2.45) is 5.92 Å². The van der Waals surface area contributed by atoms with Crippen LogP contribution in [-0.4, -0.2) is 83.2 Å². The Morgan fingerprint density at radius 2 is 2.07 bits per heavy atom. The number of amides is 2. The van der Waals surface area contributed by atoms with Crippen molar-refractivity contribution in [2.45, 2.75) is 45.1 Å².